The maximum atomic E-state index is 12.0. The van der Waals surface area contributed by atoms with Crippen molar-refractivity contribution >= 4 is 34.5 Å². The number of anilines is 1. The minimum Gasteiger partial charge on any atom is -0.467 e. The third-order valence-electron chi connectivity index (χ3n) is 3.78. The lowest BCUT2D eigenvalue weighted by Gasteiger charge is -2.20. The highest BCUT2D eigenvalue weighted by molar-refractivity contribution is 6.30. The predicted octanol–water partition coefficient (Wildman–Crippen LogP) is 3.55. The van der Waals surface area contributed by atoms with Crippen molar-refractivity contribution in [1.82, 2.24) is 15.1 Å². The molecule has 0 radical (unpaired) electrons. The summed E-state index contributed by atoms with van der Waals surface area (Å²) >= 11 is 6.07. The van der Waals surface area contributed by atoms with Gasteiger partial charge in [-0.3, -0.25) is 0 Å². The fourth-order valence-electron chi connectivity index (χ4n) is 2.50. The number of methoxy groups -OCH3 is 1. The van der Waals surface area contributed by atoms with Crippen LogP contribution in [0.1, 0.15) is 13.8 Å². The van der Waals surface area contributed by atoms with E-state index in [9.17, 15) is 4.79 Å². The van der Waals surface area contributed by atoms with Crippen molar-refractivity contribution < 1.29 is 14.1 Å². The summed E-state index contributed by atoms with van der Waals surface area (Å²) in [5.41, 5.74) is 1.64. The van der Waals surface area contributed by atoms with E-state index in [1.165, 1.54) is 13.4 Å². The number of carbonyl (C=O) groups excluding carboxylic acids is 1. The van der Waals surface area contributed by atoms with Crippen molar-refractivity contribution in [3.8, 4) is 11.3 Å². The van der Waals surface area contributed by atoms with Gasteiger partial charge in [0, 0.05) is 10.6 Å². The molecule has 2 aromatic heterocycles. The Morgan fingerprint density at radius 1 is 1.32 bits per heavy atom. The van der Waals surface area contributed by atoms with E-state index < -0.39 is 6.04 Å². The average Bonchev–Trinajstić information content (AvgIpc) is 3.03. The minimum absolute atomic E-state index is 0.00746. The number of hydrogen-bond acceptors (Lipinski definition) is 7. The largest absolute Gasteiger partial charge is 0.467 e. The molecule has 25 heavy (non-hydrogen) atoms. The van der Waals surface area contributed by atoms with Crippen molar-refractivity contribution in [2.45, 2.75) is 19.9 Å². The summed E-state index contributed by atoms with van der Waals surface area (Å²) in [4.78, 5) is 20.4. The highest BCUT2D eigenvalue weighted by Gasteiger charge is 2.26. The Balaban J connectivity index is 2.10. The molecule has 1 aromatic carbocycles. The van der Waals surface area contributed by atoms with E-state index >= 15 is 0 Å². The molecule has 8 heteroatoms. The lowest BCUT2D eigenvalue weighted by atomic mass is 10.0. The molecule has 1 atom stereocenters. The molecule has 7 nitrogen and oxygen atoms in total. The van der Waals surface area contributed by atoms with Gasteiger partial charge in [-0.2, -0.15) is 4.98 Å². The number of hydrogen-bond donors (Lipinski definition) is 1. The van der Waals surface area contributed by atoms with Crippen LogP contribution in [-0.2, 0) is 9.53 Å². The Kier molecular flexibility index (Phi) is 4.85. The zero-order valence-electron chi connectivity index (χ0n) is 14.0. The quantitative estimate of drug-likeness (QED) is 0.696. The van der Waals surface area contributed by atoms with E-state index in [-0.39, 0.29) is 11.9 Å². The smallest absolute Gasteiger partial charge is 0.328 e. The first-order valence-corrected chi connectivity index (χ1v) is 8.09. The summed E-state index contributed by atoms with van der Waals surface area (Å²) in [7, 11) is 1.35. The maximum Gasteiger partial charge on any atom is 0.328 e. The van der Waals surface area contributed by atoms with E-state index in [1.54, 1.807) is 12.1 Å². The highest BCUT2D eigenvalue weighted by atomic mass is 35.5. The van der Waals surface area contributed by atoms with Crippen molar-refractivity contribution in [1.29, 1.82) is 0 Å². The summed E-state index contributed by atoms with van der Waals surface area (Å²) < 4.78 is 10.2. The van der Waals surface area contributed by atoms with Crippen LogP contribution in [0.4, 0.5) is 5.82 Å². The number of aromatic nitrogens is 3. The monoisotopic (exact) mass is 360 g/mol. The van der Waals surface area contributed by atoms with Crippen LogP contribution in [0.15, 0.2) is 35.1 Å². The summed E-state index contributed by atoms with van der Waals surface area (Å²) in [6.45, 7) is 3.83. The standard InChI is InChI=1S/C17H17ClN4O3/c1-9(2)13(17(23)24-3)21-15-12-14(10-5-4-6-11(18)7-10)22-25-16(12)20-8-19-15/h4-9,13H,1-3H3,(H,19,20,21)/t13-/m1/s1. The molecule has 0 fully saturated rings. The Bertz CT molecular complexity index is 910. The number of rotatable bonds is 5. The molecule has 2 heterocycles. The number of benzene rings is 1. The van der Waals surface area contributed by atoms with Gasteiger partial charge in [-0.25, -0.2) is 9.78 Å². The van der Waals surface area contributed by atoms with E-state index in [2.05, 4.69) is 20.4 Å². The zero-order valence-corrected chi connectivity index (χ0v) is 14.7. The van der Waals surface area contributed by atoms with Gasteiger partial charge in [0.2, 0.25) is 0 Å². The fourth-order valence-corrected chi connectivity index (χ4v) is 2.69. The number of nitrogens with one attached hydrogen (secondary N) is 1. The van der Waals surface area contributed by atoms with Crippen molar-refractivity contribution in [2.24, 2.45) is 5.92 Å². The number of fused-ring (bicyclic) bond motifs is 1. The van der Waals surface area contributed by atoms with Crippen LogP contribution in [-0.4, -0.2) is 34.2 Å². The fraction of sp³-hybridized carbons (Fsp3) is 0.294. The number of esters is 1. The molecule has 0 saturated heterocycles. The molecular formula is C17H17ClN4O3. The summed E-state index contributed by atoms with van der Waals surface area (Å²) in [5, 5.41) is 8.38. The van der Waals surface area contributed by atoms with Crippen LogP contribution in [0.25, 0.3) is 22.4 Å². The second-order valence-corrected chi connectivity index (χ2v) is 6.27. The third kappa shape index (κ3) is 3.41. The van der Waals surface area contributed by atoms with Gasteiger partial charge >= 0.3 is 5.97 Å². The van der Waals surface area contributed by atoms with Gasteiger partial charge in [0.25, 0.3) is 5.71 Å². The second-order valence-electron chi connectivity index (χ2n) is 5.83. The Morgan fingerprint density at radius 2 is 2.12 bits per heavy atom. The lowest BCUT2D eigenvalue weighted by Crippen LogP contribution is -2.35. The van der Waals surface area contributed by atoms with Crippen molar-refractivity contribution in [3.05, 3.63) is 35.6 Å². The first-order chi connectivity index (χ1) is 12.0. The van der Waals surface area contributed by atoms with Crippen LogP contribution in [0.5, 0.6) is 0 Å². The highest BCUT2D eigenvalue weighted by Crippen LogP contribution is 2.32. The molecule has 130 valence electrons. The SMILES string of the molecule is COC(=O)[C@H](Nc1ncnc2onc(-c3cccc(Cl)c3)c12)C(C)C. The Labute approximate surface area is 149 Å². The molecule has 0 bridgehead atoms. The van der Waals surface area contributed by atoms with Crippen molar-refractivity contribution in [3.63, 3.8) is 0 Å². The van der Waals surface area contributed by atoms with Crippen molar-refractivity contribution in [2.75, 3.05) is 12.4 Å². The summed E-state index contributed by atoms with van der Waals surface area (Å²) in [6.07, 6.45) is 1.35. The molecule has 0 unspecified atom stereocenters. The molecule has 0 aliphatic heterocycles. The average molecular weight is 361 g/mol. The summed E-state index contributed by atoms with van der Waals surface area (Å²) in [6, 6.07) is 6.66. The normalized spacial score (nSPS) is 12.4. The van der Waals surface area contributed by atoms with Gasteiger partial charge in [-0.15, -0.1) is 0 Å². The molecule has 0 amide bonds. The molecule has 0 spiro atoms. The number of nitrogens with zero attached hydrogens (tertiary/aromatic N) is 3. The van der Waals surface area contributed by atoms with Crippen LogP contribution in [0.3, 0.4) is 0 Å². The first-order valence-electron chi connectivity index (χ1n) is 7.72. The topological polar surface area (TPSA) is 90.1 Å². The van der Waals surface area contributed by atoms with E-state index in [0.29, 0.717) is 27.6 Å². The first kappa shape index (κ1) is 17.2. The van der Waals surface area contributed by atoms with Crippen LogP contribution in [0.2, 0.25) is 5.02 Å². The lowest BCUT2D eigenvalue weighted by molar-refractivity contribution is -0.142. The Morgan fingerprint density at radius 3 is 2.80 bits per heavy atom. The minimum atomic E-state index is -0.565. The number of carbonyl (C=O) groups is 1. The van der Waals surface area contributed by atoms with Gasteiger partial charge in [0.1, 0.15) is 29.3 Å². The second kappa shape index (κ2) is 7.06. The van der Waals surface area contributed by atoms with E-state index in [4.69, 9.17) is 20.9 Å². The number of halogens is 1. The van der Waals surface area contributed by atoms with Crippen LogP contribution >= 0.6 is 11.6 Å². The Hall–Kier alpha value is -2.67. The van der Waals surface area contributed by atoms with E-state index in [0.717, 1.165) is 5.56 Å². The molecule has 3 rings (SSSR count). The molecule has 0 saturated carbocycles. The third-order valence-corrected chi connectivity index (χ3v) is 4.02. The van der Waals surface area contributed by atoms with Gasteiger partial charge in [0.05, 0.1) is 7.11 Å². The van der Waals surface area contributed by atoms with Crippen LogP contribution < -0.4 is 5.32 Å². The van der Waals surface area contributed by atoms with Gasteiger partial charge in [-0.05, 0) is 18.1 Å². The zero-order chi connectivity index (χ0) is 18.0. The van der Waals surface area contributed by atoms with Gasteiger partial charge in [0.15, 0.2) is 0 Å². The molecule has 3 aromatic rings. The summed E-state index contributed by atoms with van der Waals surface area (Å²) in [5.74, 6) is 0.0693. The molecule has 0 aliphatic rings. The van der Waals surface area contributed by atoms with Crippen LogP contribution in [0, 0.1) is 5.92 Å². The van der Waals surface area contributed by atoms with Gasteiger partial charge < -0.3 is 14.6 Å². The predicted molar refractivity (Wildman–Crippen MR) is 94.3 cm³/mol. The number of ether oxygens (including phenoxy) is 1. The maximum absolute atomic E-state index is 12.0. The van der Waals surface area contributed by atoms with E-state index in [1.807, 2.05) is 26.0 Å². The molecule has 1 N–H and O–H groups in total. The molecular weight excluding hydrogens is 344 g/mol. The van der Waals surface area contributed by atoms with Gasteiger partial charge in [-0.1, -0.05) is 42.7 Å². The molecule has 0 aliphatic carbocycles.